The van der Waals surface area contributed by atoms with E-state index < -0.39 is 0 Å². The number of nitrogens with one attached hydrogen (secondary N) is 2. The van der Waals surface area contributed by atoms with Crippen molar-refractivity contribution in [1.29, 1.82) is 0 Å². The van der Waals surface area contributed by atoms with E-state index in [9.17, 15) is 4.79 Å². The molecule has 2 N–H and O–H groups in total. The Morgan fingerprint density at radius 2 is 2.26 bits per heavy atom. The highest BCUT2D eigenvalue weighted by Gasteiger charge is 2.22. The summed E-state index contributed by atoms with van der Waals surface area (Å²) in [6.45, 7) is 2.80. The van der Waals surface area contributed by atoms with Gasteiger partial charge in [-0.05, 0) is 30.5 Å². The van der Waals surface area contributed by atoms with Gasteiger partial charge in [-0.1, -0.05) is 36.2 Å². The van der Waals surface area contributed by atoms with Crippen molar-refractivity contribution in [1.82, 2.24) is 10.6 Å². The quantitative estimate of drug-likeness (QED) is 0.896. The van der Waals surface area contributed by atoms with E-state index >= 15 is 0 Å². The molecule has 0 aromatic heterocycles. The predicted molar refractivity (Wildman–Crippen MR) is 78.7 cm³/mol. The highest BCUT2D eigenvalue weighted by atomic mass is 35.5. The van der Waals surface area contributed by atoms with Crippen molar-refractivity contribution in [2.24, 2.45) is 0 Å². The van der Waals surface area contributed by atoms with Crippen LogP contribution in [0.5, 0.6) is 0 Å². The first-order valence-corrected chi connectivity index (χ1v) is 7.33. The van der Waals surface area contributed by atoms with Gasteiger partial charge in [-0.25, -0.2) is 0 Å². The Morgan fingerprint density at radius 1 is 1.47 bits per heavy atom. The van der Waals surface area contributed by atoms with Crippen molar-refractivity contribution in [3.05, 3.63) is 33.8 Å². The lowest BCUT2D eigenvalue weighted by molar-refractivity contribution is -0.122. The van der Waals surface area contributed by atoms with Crippen LogP contribution in [-0.4, -0.2) is 18.5 Å². The highest BCUT2D eigenvalue weighted by Crippen LogP contribution is 2.28. The standard InChI is InChI=1S/C14H18Cl2N2O/c1-2-13(11-5-3-9(15)7-12(11)16)18-10-4-6-14(19)17-8-10/h3,5,7,10,13,18H,2,4,6,8H2,1H3,(H,17,19). The number of halogens is 2. The normalized spacial score (nSPS) is 21.0. The highest BCUT2D eigenvalue weighted by molar-refractivity contribution is 6.35. The maximum atomic E-state index is 11.2. The summed E-state index contributed by atoms with van der Waals surface area (Å²) in [5, 5.41) is 7.78. The molecule has 1 aliphatic rings. The van der Waals surface area contributed by atoms with E-state index in [1.165, 1.54) is 0 Å². The maximum absolute atomic E-state index is 11.2. The molecule has 0 bridgehead atoms. The van der Waals surface area contributed by atoms with Crippen LogP contribution in [0.3, 0.4) is 0 Å². The molecule has 1 amide bonds. The number of hydrogen-bond donors (Lipinski definition) is 2. The van der Waals surface area contributed by atoms with E-state index in [1.54, 1.807) is 6.07 Å². The first kappa shape index (κ1) is 14.6. The fourth-order valence-corrected chi connectivity index (χ4v) is 2.91. The minimum absolute atomic E-state index is 0.135. The Labute approximate surface area is 123 Å². The molecule has 0 spiro atoms. The number of carbonyl (C=O) groups excluding carboxylic acids is 1. The van der Waals surface area contributed by atoms with Crippen molar-refractivity contribution >= 4 is 29.1 Å². The molecule has 1 aromatic rings. The monoisotopic (exact) mass is 300 g/mol. The van der Waals surface area contributed by atoms with Crippen LogP contribution in [0.1, 0.15) is 37.8 Å². The summed E-state index contributed by atoms with van der Waals surface area (Å²) in [4.78, 5) is 11.2. The summed E-state index contributed by atoms with van der Waals surface area (Å²) < 4.78 is 0. The van der Waals surface area contributed by atoms with Gasteiger partial charge in [0.25, 0.3) is 0 Å². The second-order valence-electron chi connectivity index (χ2n) is 4.83. The molecular weight excluding hydrogens is 283 g/mol. The Bertz CT molecular complexity index is 455. The van der Waals surface area contributed by atoms with Gasteiger partial charge in [-0.2, -0.15) is 0 Å². The molecule has 0 saturated carbocycles. The van der Waals surface area contributed by atoms with Crippen LogP contribution in [0.15, 0.2) is 18.2 Å². The molecule has 0 radical (unpaired) electrons. The van der Waals surface area contributed by atoms with Gasteiger partial charge < -0.3 is 10.6 Å². The second kappa shape index (κ2) is 6.60. The van der Waals surface area contributed by atoms with Crippen molar-refractivity contribution in [2.45, 2.75) is 38.3 Å². The minimum atomic E-state index is 0.135. The number of piperidine rings is 1. The molecule has 1 aliphatic heterocycles. The summed E-state index contributed by atoms with van der Waals surface area (Å²) in [6.07, 6.45) is 2.39. The van der Waals surface area contributed by atoms with Crippen LogP contribution >= 0.6 is 23.2 Å². The fourth-order valence-electron chi connectivity index (χ4n) is 2.37. The van der Waals surface area contributed by atoms with Gasteiger partial charge in [-0.3, -0.25) is 4.79 Å². The Balaban J connectivity index is 2.05. The van der Waals surface area contributed by atoms with E-state index in [0.29, 0.717) is 29.1 Å². The van der Waals surface area contributed by atoms with Gasteiger partial charge in [0.2, 0.25) is 5.91 Å². The average Bonchev–Trinajstić information content (AvgIpc) is 2.39. The van der Waals surface area contributed by atoms with E-state index in [-0.39, 0.29) is 11.9 Å². The predicted octanol–water partition coefficient (Wildman–Crippen LogP) is 3.31. The lowest BCUT2D eigenvalue weighted by atomic mass is 10.0. The van der Waals surface area contributed by atoms with E-state index in [4.69, 9.17) is 23.2 Å². The minimum Gasteiger partial charge on any atom is -0.355 e. The van der Waals surface area contributed by atoms with Crippen molar-refractivity contribution in [2.75, 3.05) is 6.54 Å². The Kier molecular flexibility index (Phi) is 5.08. The van der Waals surface area contributed by atoms with Gasteiger partial charge in [-0.15, -0.1) is 0 Å². The molecule has 1 heterocycles. The van der Waals surface area contributed by atoms with Gasteiger partial charge in [0.15, 0.2) is 0 Å². The third-order valence-electron chi connectivity index (χ3n) is 3.45. The summed E-state index contributed by atoms with van der Waals surface area (Å²) in [5.74, 6) is 0.135. The largest absolute Gasteiger partial charge is 0.355 e. The van der Waals surface area contributed by atoms with Gasteiger partial charge >= 0.3 is 0 Å². The topological polar surface area (TPSA) is 41.1 Å². The van der Waals surface area contributed by atoms with E-state index in [1.807, 2.05) is 12.1 Å². The summed E-state index contributed by atoms with van der Waals surface area (Å²) in [7, 11) is 0. The smallest absolute Gasteiger partial charge is 0.220 e. The molecule has 5 heteroatoms. The fraction of sp³-hybridized carbons (Fsp3) is 0.500. The van der Waals surface area contributed by atoms with Crippen molar-refractivity contribution < 1.29 is 4.79 Å². The van der Waals surface area contributed by atoms with Crippen LogP contribution < -0.4 is 10.6 Å². The SMILES string of the molecule is CCC(NC1CCC(=O)NC1)c1ccc(Cl)cc1Cl. The van der Waals surface area contributed by atoms with Crippen molar-refractivity contribution in [3.8, 4) is 0 Å². The zero-order chi connectivity index (χ0) is 13.8. The molecule has 1 fully saturated rings. The Morgan fingerprint density at radius 3 is 2.84 bits per heavy atom. The van der Waals surface area contributed by atoms with E-state index in [0.717, 1.165) is 18.4 Å². The van der Waals surface area contributed by atoms with Crippen LogP contribution in [0.2, 0.25) is 10.0 Å². The molecular formula is C14H18Cl2N2O. The van der Waals surface area contributed by atoms with Gasteiger partial charge in [0, 0.05) is 35.1 Å². The molecule has 3 nitrogen and oxygen atoms in total. The lowest BCUT2D eigenvalue weighted by Gasteiger charge is -2.29. The average molecular weight is 301 g/mol. The van der Waals surface area contributed by atoms with Crippen LogP contribution in [0, 0.1) is 0 Å². The maximum Gasteiger partial charge on any atom is 0.220 e. The van der Waals surface area contributed by atoms with Gasteiger partial charge in [0.05, 0.1) is 0 Å². The molecule has 2 atom stereocenters. The van der Waals surface area contributed by atoms with Gasteiger partial charge in [0.1, 0.15) is 0 Å². The molecule has 1 aromatic carbocycles. The molecule has 2 rings (SSSR count). The number of amides is 1. The zero-order valence-corrected chi connectivity index (χ0v) is 12.4. The van der Waals surface area contributed by atoms with E-state index in [2.05, 4.69) is 17.6 Å². The Hall–Kier alpha value is -0.770. The summed E-state index contributed by atoms with van der Waals surface area (Å²) in [5.41, 5.74) is 1.06. The molecule has 2 unspecified atom stereocenters. The number of hydrogen-bond acceptors (Lipinski definition) is 2. The number of rotatable bonds is 4. The third kappa shape index (κ3) is 3.85. The molecule has 19 heavy (non-hydrogen) atoms. The second-order valence-corrected chi connectivity index (χ2v) is 5.68. The lowest BCUT2D eigenvalue weighted by Crippen LogP contribution is -2.46. The zero-order valence-electron chi connectivity index (χ0n) is 10.9. The van der Waals surface area contributed by atoms with Crippen LogP contribution in [0.4, 0.5) is 0 Å². The van der Waals surface area contributed by atoms with Crippen LogP contribution in [-0.2, 0) is 4.79 Å². The summed E-state index contributed by atoms with van der Waals surface area (Å²) >= 11 is 12.2. The molecule has 1 saturated heterocycles. The first-order chi connectivity index (χ1) is 9.10. The first-order valence-electron chi connectivity index (χ1n) is 6.58. The van der Waals surface area contributed by atoms with Crippen molar-refractivity contribution in [3.63, 3.8) is 0 Å². The van der Waals surface area contributed by atoms with Crippen LogP contribution in [0.25, 0.3) is 0 Å². The number of carbonyl (C=O) groups is 1. The summed E-state index contributed by atoms with van der Waals surface area (Å²) in [6, 6.07) is 6.08. The molecule has 0 aliphatic carbocycles. The number of benzene rings is 1. The third-order valence-corrected chi connectivity index (χ3v) is 4.01. The molecule has 104 valence electrons.